The van der Waals surface area contributed by atoms with Crippen LogP contribution in [-0.2, 0) is 0 Å². The van der Waals surface area contributed by atoms with Gasteiger partial charge < -0.3 is 9.47 Å². The highest BCUT2D eigenvalue weighted by atomic mass is 35.5. The van der Waals surface area contributed by atoms with E-state index in [-0.39, 0.29) is 0 Å². The Morgan fingerprint density at radius 3 is 2.56 bits per heavy atom. The van der Waals surface area contributed by atoms with Gasteiger partial charge in [-0.2, -0.15) is 0 Å². The van der Waals surface area contributed by atoms with E-state index in [0.29, 0.717) is 29.1 Å². The van der Waals surface area contributed by atoms with Gasteiger partial charge in [-0.25, -0.2) is 4.98 Å². The highest BCUT2D eigenvalue weighted by molar-refractivity contribution is 6.29. The predicted octanol–water partition coefficient (Wildman–Crippen LogP) is 4.32. The first kappa shape index (κ1) is 12.7. The zero-order valence-electron chi connectivity index (χ0n) is 10.1. The van der Waals surface area contributed by atoms with Gasteiger partial charge in [-0.15, -0.1) is 0 Å². The van der Waals surface area contributed by atoms with Crippen LogP contribution in [0.15, 0.2) is 42.5 Å². The topological polar surface area (TPSA) is 31.4 Å². The van der Waals surface area contributed by atoms with Crippen molar-refractivity contribution in [2.24, 2.45) is 0 Å². The average molecular weight is 264 g/mol. The number of benzene rings is 1. The number of ether oxygens (including phenoxy) is 2. The van der Waals surface area contributed by atoms with Crippen molar-refractivity contribution in [2.75, 3.05) is 6.61 Å². The summed E-state index contributed by atoms with van der Waals surface area (Å²) >= 11 is 5.81. The van der Waals surface area contributed by atoms with Crippen molar-refractivity contribution in [3.05, 3.63) is 47.6 Å². The second-order valence-corrected chi connectivity index (χ2v) is 4.08. The summed E-state index contributed by atoms with van der Waals surface area (Å²) < 4.78 is 11.3. The molecule has 1 aromatic carbocycles. The Morgan fingerprint density at radius 2 is 1.83 bits per heavy atom. The molecular formula is C14H14ClNO2. The minimum absolute atomic E-state index is 0.402. The van der Waals surface area contributed by atoms with E-state index in [0.717, 1.165) is 6.42 Å². The molecule has 2 rings (SSSR count). The van der Waals surface area contributed by atoms with Gasteiger partial charge in [0.05, 0.1) is 6.61 Å². The van der Waals surface area contributed by atoms with Crippen molar-refractivity contribution in [2.45, 2.75) is 13.3 Å². The van der Waals surface area contributed by atoms with Crippen molar-refractivity contribution in [3.8, 4) is 17.4 Å². The molecule has 3 nitrogen and oxygen atoms in total. The Balaban J connectivity index is 2.17. The normalized spacial score (nSPS) is 10.1. The lowest BCUT2D eigenvalue weighted by Gasteiger charge is -2.11. The first-order valence-corrected chi connectivity index (χ1v) is 6.19. The Bertz CT molecular complexity index is 517. The standard InChI is InChI=1S/C14H14ClNO2/c1-2-10-17-11-6-3-4-7-12(11)18-14-9-5-8-13(15)16-14/h3-9H,2,10H2,1H3. The van der Waals surface area contributed by atoms with Crippen LogP contribution in [0, 0.1) is 0 Å². The van der Waals surface area contributed by atoms with Gasteiger partial charge in [-0.3, -0.25) is 0 Å². The molecule has 0 aliphatic rings. The molecule has 0 spiro atoms. The average Bonchev–Trinajstić information content (AvgIpc) is 2.38. The van der Waals surface area contributed by atoms with Crippen molar-refractivity contribution in [3.63, 3.8) is 0 Å². The summed E-state index contributed by atoms with van der Waals surface area (Å²) in [6, 6.07) is 12.8. The first-order valence-electron chi connectivity index (χ1n) is 5.82. The van der Waals surface area contributed by atoms with Gasteiger partial charge in [-0.05, 0) is 24.6 Å². The van der Waals surface area contributed by atoms with E-state index in [4.69, 9.17) is 21.1 Å². The Kier molecular flexibility index (Phi) is 4.42. The molecule has 0 N–H and O–H groups in total. The number of nitrogens with zero attached hydrogens (tertiary/aromatic N) is 1. The summed E-state index contributed by atoms with van der Waals surface area (Å²) in [4.78, 5) is 4.08. The zero-order chi connectivity index (χ0) is 12.8. The van der Waals surface area contributed by atoms with E-state index < -0.39 is 0 Å². The number of hydrogen-bond acceptors (Lipinski definition) is 3. The zero-order valence-corrected chi connectivity index (χ0v) is 10.9. The van der Waals surface area contributed by atoms with Gasteiger partial charge in [0.15, 0.2) is 11.5 Å². The number of hydrogen-bond donors (Lipinski definition) is 0. The third kappa shape index (κ3) is 3.37. The Morgan fingerprint density at radius 1 is 1.06 bits per heavy atom. The fourth-order valence-electron chi connectivity index (χ4n) is 1.42. The molecule has 0 saturated carbocycles. The largest absolute Gasteiger partial charge is 0.490 e. The van der Waals surface area contributed by atoms with Crippen LogP contribution in [0.1, 0.15) is 13.3 Å². The second kappa shape index (κ2) is 6.26. The molecule has 4 heteroatoms. The van der Waals surface area contributed by atoms with Gasteiger partial charge in [0.1, 0.15) is 5.15 Å². The lowest BCUT2D eigenvalue weighted by molar-refractivity contribution is 0.301. The van der Waals surface area contributed by atoms with Gasteiger partial charge in [-0.1, -0.05) is 36.7 Å². The molecule has 18 heavy (non-hydrogen) atoms. The summed E-state index contributed by atoms with van der Waals surface area (Å²) in [7, 11) is 0. The molecular weight excluding hydrogens is 250 g/mol. The second-order valence-electron chi connectivity index (χ2n) is 3.70. The van der Waals surface area contributed by atoms with Crippen LogP contribution in [0.3, 0.4) is 0 Å². The third-order valence-electron chi connectivity index (χ3n) is 2.21. The molecule has 1 aromatic heterocycles. The first-order chi connectivity index (χ1) is 8.79. The van der Waals surface area contributed by atoms with Gasteiger partial charge in [0.25, 0.3) is 0 Å². The molecule has 0 fully saturated rings. The smallest absolute Gasteiger partial charge is 0.220 e. The van der Waals surface area contributed by atoms with Crippen LogP contribution < -0.4 is 9.47 Å². The lowest BCUT2D eigenvalue weighted by Crippen LogP contribution is -1.97. The van der Waals surface area contributed by atoms with Crippen LogP contribution >= 0.6 is 11.6 Å². The minimum Gasteiger partial charge on any atom is -0.490 e. The SMILES string of the molecule is CCCOc1ccccc1Oc1cccc(Cl)n1. The molecule has 94 valence electrons. The summed E-state index contributed by atoms with van der Waals surface area (Å²) in [5.74, 6) is 1.80. The predicted molar refractivity (Wildman–Crippen MR) is 71.5 cm³/mol. The van der Waals surface area contributed by atoms with Crippen molar-refractivity contribution >= 4 is 11.6 Å². The van der Waals surface area contributed by atoms with E-state index >= 15 is 0 Å². The highest BCUT2D eigenvalue weighted by Gasteiger charge is 2.06. The van der Waals surface area contributed by atoms with E-state index in [1.165, 1.54) is 0 Å². The van der Waals surface area contributed by atoms with Crippen LogP contribution in [0.25, 0.3) is 0 Å². The molecule has 0 unspecified atom stereocenters. The summed E-state index contributed by atoms with van der Waals surface area (Å²) in [5.41, 5.74) is 0. The van der Waals surface area contributed by atoms with Crippen LogP contribution in [0.4, 0.5) is 0 Å². The highest BCUT2D eigenvalue weighted by Crippen LogP contribution is 2.30. The van der Waals surface area contributed by atoms with Crippen molar-refractivity contribution in [1.29, 1.82) is 0 Å². The summed E-state index contributed by atoms with van der Waals surface area (Å²) in [6.07, 6.45) is 0.948. The molecule has 0 bridgehead atoms. The maximum atomic E-state index is 5.81. The number of para-hydroxylation sites is 2. The fraction of sp³-hybridized carbons (Fsp3) is 0.214. The number of halogens is 1. The molecule has 1 heterocycles. The van der Waals surface area contributed by atoms with E-state index in [9.17, 15) is 0 Å². The van der Waals surface area contributed by atoms with Gasteiger partial charge >= 0.3 is 0 Å². The minimum atomic E-state index is 0.402. The van der Waals surface area contributed by atoms with Crippen LogP contribution in [-0.4, -0.2) is 11.6 Å². The third-order valence-corrected chi connectivity index (χ3v) is 2.43. The van der Waals surface area contributed by atoms with Crippen LogP contribution in [0.2, 0.25) is 5.15 Å². The summed E-state index contributed by atoms with van der Waals surface area (Å²) in [5, 5.41) is 0.402. The van der Waals surface area contributed by atoms with E-state index in [1.807, 2.05) is 24.3 Å². The Hall–Kier alpha value is -1.74. The van der Waals surface area contributed by atoms with Gasteiger partial charge in [0.2, 0.25) is 5.88 Å². The number of pyridine rings is 1. The van der Waals surface area contributed by atoms with Crippen LogP contribution in [0.5, 0.6) is 17.4 Å². The number of aromatic nitrogens is 1. The van der Waals surface area contributed by atoms with Crippen molar-refractivity contribution in [1.82, 2.24) is 4.98 Å². The van der Waals surface area contributed by atoms with Gasteiger partial charge in [0, 0.05) is 6.07 Å². The fourth-order valence-corrected chi connectivity index (χ4v) is 1.58. The molecule has 0 amide bonds. The molecule has 0 aliphatic heterocycles. The summed E-state index contributed by atoms with van der Waals surface area (Å²) in [6.45, 7) is 2.71. The van der Waals surface area contributed by atoms with E-state index in [1.54, 1.807) is 18.2 Å². The number of rotatable bonds is 5. The maximum Gasteiger partial charge on any atom is 0.220 e. The maximum absolute atomic E-state index is 5.81. The molecule has 0 atom stereocenters. The lowest BCUT2D eigenvalue weighted by atomic mass is 10.3. The monoisotopic (exact) mass is 263 g/mol. The van der Waals surface area contributed by atoms with E-state index in [2.05, 4.69) is 11.9 Å². The molecule has 2 aromatic rings. The molecule has 0 radical (unpaired) electrons. The van der Waals surface area contributed by atoms with Crippen molar-refractivity contribution < 1.29 is 9.47 Å². The quantitative estimate of drug-likeness (QED) is 0.753. The molecule has 0 aliphatic carbocycles. The Labute approximate surface area is 111 Å². The molecule has 0 saturated heterocycles.